The topological polar surface area (TPSA) is 139 Å². The molecule has 2 aromatic carbocycles. The number of benzene rings is 2. The van der Waals surface area contributed by atoms with Crippen LogP contribution in [0, 0.1) is 10.1 Å². The van der Waals surface area contributed by atoms with Crippen molar-refractivity contribution >= 4 is 33.2 Å². The number of nitrogens with one attached hydrogen (secondary N) is 1. The van der Waals surface area contributed by atoms with Crippen molar-refractivity contribution in [3.63, 3.8) is 0 Å². The minimum atomic E-state index is -4.04. The van der Waals surface area contributed by atoms with Crippen LogP contribution in [-0.4, -0.2) is 60.9 Å². The van der Waals surface area contributed by atoms with E-state index >= 15 is 0 Å². The molecule has 0 saturated carbocycles. The molecule has 1 aliphatic heterocycles. The second kappa shape index (κ2) is 11.1. The number of hydrogen-bond donors (Lipinski definition) is 3. The molecule has 0 aromatic heterocycles. The van der Waals surface area contributed by atoms with E-state index < -0.39 is 14.9 Å². The van der Waals surface area contributed by atoms with Crippen molar-refractivity contribution in [1.82, 2.24) is 4.90 Å². The summed E-state index contributed by atoms with van der Waals surface area (Å²) in [6.45, 7) is 2.44. The van der Waals surface area contributed by atoms with E-state index in [1.807, 2.05) is 30.3 Å². The van der Waals surface area contributed by atoms with Gasteiger partial charge >= 0.3 is 0 Å². The Bertz CT molecular complexity index is 1010. The highest BCUT2D eigenvalue weighted by Crippen LogP contribution is 2.29. The van der Waals surface area contributed by atoms with Gasteiger partial charge in [0.1, 0.15) is 5.69 Å². The smallest absolute Gasteiger partial charge is 0.293 e. The van der Waals surface area contributed by atoms with Crippen molar-refractivity contribution in [3.05, 3.63) is 58.6 Å². The normalized spacial score (nSPS) is 16.6. The first-order chi connectivity index (χ1) is 15.2. The van der Waals surface area contributed by atoms with E-state index in [4.69, 9.17) is 5.14 Å². The summed E-state index contributed by atoms with van der Waals surface area (Å²) in [6.07, 6.45) is 1.99. The lowest BCUT2D eigenvalue weighted by Gasteiger charge is -2.31. The zero-order chi connectivity index (χ0) is 23.1. The molecule has 0 bridgehead atoms. The molecule has 1 atom stereocenters. The molecular weight excluding hydrogens is 452 g/mol. The predicted molar refractivity (Wildman–Crippen MR) is 125 cm³/mol. The molecule has 11 heteroatoms. The van der Waals surface area contributed by atoms with Gasteiger partial charge in [-0.25, -0.2) is 13.6 Å². The highest BCUT2D eigenvalue weighted by Gasteiger charge is 2.23. The number of rotatable bonds is 10. The van der Waals surface area contributed by atoms with Gasteiger partial charge in [-0.15, -0.1) is 11.8 Å². The van der Waals surface area contributed by atoms with Gasteiger partial charge in [0.25, 0.3) is 5.69 Å². The minimum absolute atomic E-state index is 0.0916. The second-order valence-corrected chi connectivity index (χ2v) is 10.5. The number of primary sulfonamides is 1. The van der Waals surface area contributed by atoms with Crippen LogP contribution in [0.25, 0.3) is 0 Å². The fraction of sp³-hybridized carbons (Fsp3) is 0.429. The molecule has 0 spiro atoms. The molecule has 0 amide bonds. The van der Waals surface area contributed by atoms with Gasteiger partial charge in [0.05, 0.1) is 15.9 Å². The lowest BCUT2D eigenvalue weighted by atomic mass is 10.1. The third-order valence-electron chi connectivity index (χ3n) is 5.40. The van der Waals surface area contributed by atoms with Crippen molar-refractivity contribution < 1.29 is 18.4 Å². The van der Waals surface area contributed by atoms with E-state index in [0.29, 0.717) is 5.75 Å². The molecule has 32 heavy (non-hydrogen) atoms. The first-order valence-corrected chi connectivity index (χ1v) is 12.9. The Morgan fingerprint density at radius 1 is 1.22 bits per heavy atom. The van der Waals surface area contributed by atoms with E-state index in [-0.39, 0.29) is 28.4 Å². The number of nitro groups is 1. The highest BCUT2D eigenvalue weighted by molar-refractivity contribution is 7.99. The summed E-state index contributed by atoms with van der Waals surface area (Å²) in [5.41, 5.74) is -0.0672. The predicted octanol–water partition coefficient (Wildman–Crippen LogP) is 2.66. The number of hydrogen-bond acceptors (Lipinski definition) is 8. The van der Waals surface area contributed by atoms with Crippen molar-refractivity contribution in [3.8, 4) is 0 Å². The number of nitrogens with zero attached hydrogens (tertiary/aromatic N) is 2. The third kappa shape index (κ3) is 7.17. The van der Waals surface area contributed by atoms with Gasteiger partial charge in [-0.1, -0.05) is 18.2 Å². The number of anilines is 1. The maximum Gasteiger partial charge on any atom is 0.293 e. The van der Waals surface area contributed by atoms with E-state index in [1.165, 1.54) is 12.1 Å². The van der Waals surface area contributed by atoms with Crippen LogP contribution >= 0.6 is 11.8 Å². The molecule has 2 aromatic rings. The van der Waals surface area contributed by atoms with Crippen LogP contribution in [0.2, 0.25) is 0 Å². The summed E-state index contributed by atoms with van der Waals surface area (Å²) in [7, 11) is -4.04. The fourth-order valence-corrected chi connectivity index (χ4v) is 5.10. The van der Waals surface area contributed by atoms with Crippen LogP contribution in [-0.2, 0) is 10.0 Å². The van der Waals surface area contributed by atoms with Crippen molar-refractivity contribution in [2.45, 2.75) is 41.2 Å². The standard InChI is InChI=1S/C21H28N4O5S2/c22-32(29,30)19-6-7-20(21(14-19)25(27)28)23-16(15-31-18-4-2-1-3-5-18)8-11-24-12-9-17(26)10-13-24/h1-7,14,16-17,23,26H,8-13,15H2,(H2,22,29,30). The maximum atomic E-state index is 11.6. The molecule has 1 saturated heterocycles. The molecule has 1 heterocycles. The van der Waals surface area contributed by atoms with E-state index in [0.717, 1.165) is 49.9 Å². The Morgan fingerprint density at radius 2 is 1.91 bits per heavy atom. The molecule has 9 nitrogen and oxygen atoms in total. The number of aliphatic hydroxyl groups excluding tert-OH is 1. The Labute approximate surface area is 192 Å². The average Bonchev–Trinajstić information content (AvgIpc) is 2.76. The molecule has 4 N–H and O–H groups in total. The Hall–Kier alpha value is -2.18. The molecule has 0 radical (unpaired) electrons. The van der Waals surface area contributed by atoms with Crippen LogP contribution in [0.15, 0.2) is 58.3 Å². The SMILES string of the molecule is NS(=O)(=O)c1ccc(NC(CCN2CCC(O)CC2)CSc2ccccc2)c([N+](=O)[O-])c1. The summed E-state index contributed by atoms with van der Waals surface area (Å²) in [4.78, 5) is 14.1. The molecule has 1 fully saturated rings. The van der Waals surface area contributed by atoms with Gasteiger partial charge in [-0.05, 0) is 43.5 Å². The number of likely N-dealkylation sites (tertiary alicyclic amines) is 1. The van der Waals surface area contributed by atoms with Crippen molar-refractivity contribution in [1.29, 1.82) is 0 Å². The third-order valence-corrected chi connectivity index (χ3v) is 7.48. The Kier molecular flexibility index (Phi) is 8.49. The summed E-state index contributed by atoms with van der Waals surface area (Å²) < 4.78 is 23.2. The van der Waals surface area contributed by atoms with Crippen LogP contribution < -0.4 is 10.5 Å². The molecule has 3 rings (SSSR count). The summed E-state index contributed by atoms with van der Waals surface area (Å²) in [5.74, 6) is 0.675. The number of sulfonamides is 1. The van der Waals surface area contributed by atoms with Crippen molar-refractivity contribution in [2.75, 3.05) is 30.7 Å². The summed E-state index contributed by atoms with van der Waals surface area (Å²) in [5, 5.41) is 29.7. The first kappa shape index (κ1) is 24.5. The Morgan fingerprint density at radius 3 is 2.53 bits per heavy atom. The molecule has 174 valence electrons. The highest BCUT2D eigenvalue weighted by atomic mass is 32.2. The van der Waals surface area contributed by atoms with Crippen LogP contribution in [0.3, 0.4) is 0 Å². The second-order valence-electron chi connectivity index (χ2n) is 7.81. The summed E-state index contributed by atoms with van der Waals surface area (Å²) in [6, 6.07) is 13.5. The quantitative estimate of drug-likeness (QED) is 0.268. The first-order valence-electron chi connectivity index (χ1n) is 10.4. The Balaban J connectivity index is 1.75. The van der Waals surface area contributed by atoms with Gasteiger partial charge in [0.2, 0.25) is 10.0 Å². The number of nitro benzene ring substituents is 1. The van der Waals surface area contributed by atoms with Gasteiger partial charge in [0, 0.05) is 42.4 Å². The van der Waals surface area contributed by atoms with Crippen molar-refractivity contribution in [2.24, 2.45) is 5.14 Å². The fourth-order valence-electron chi connectivity index (χ4n) is 3.57. The minimum Gasteiger partial charge on any atom is -0.393 e. The summed E-state index contributed by atoms with van der Waals surface area (Å²) >= 11 is 1.65. The zero-order valence-corrected chi connectivity index (χ0v) is 19.2. The average molecular weight is 481 g/mol. The van der Waals surface area contributed by atoms with E-state index in [1.54, 1.807) is 11.8 Å². The molecule has 1 aliphatic rings. The van der Waals surface area contributed by atoms with Crippen LogP contribution in [0.5, 0.6) is 0 Å². The monoisotopic (exact) mass is 480 g/mol. The van der Waals surface area contributed by atoms with Gasteiger partial charge in [0.15, 0.2) is 0 Å². The van der Waals surface area contributed by atoms with Gasteiger partial charge < -0.3 is 15.3 Å². The van der Waals surface area contributed by atoms with E-state index in [9.17, 15) is 23.6 Å². The van der Waals surface area contributed by atoms with Crippen LogP contribution in [0.1, 0.15) is 19.3 Å². The lowest BCUT2D eigenvalue weighted by molar-refractivity contribution is -0.384. The largest absolute Gasteiger partial charge is 0.393 e. The lowest BCUT2D eigenvalue weighted by Crippen LogP contribution is -2.38. The molecular formula is C21H28N4O5S2. The van der Waals surface area contributed by atoms with Crippen LogP contribution in [0.4, 0.5) is 11.4 Å². The molecule has 0 aliphatic carbocycles. The number of nitrogens with two attached hydrogens (primary N) is 1. The van der Waals surface area contributed by atoms with Gasteiger partial charge in [-0.3, -0.25) is 10.1 Å². The number of aliphatic hydroxyl groups is 1. The van der Waals surface area contributed by atoms with Gasteiger partial charge in [-0.2, -0.15) is 0 Å². The number of piperidine rings is 1. The zero-order valence-electron chi connectivity index (χ0n) is 17.6. The van der Waals surface area contributed by atoms with E-state index in [2.05, 4.69) is 10.2 Å². The number of thioether (sulfide) groups is 1. The maximum absolute atomic E-state index is 11.6. The molecule has 1 unspecified atom stereocenters.